The number of rotatable bonds is 6. The van der Waals surface area contributed by atoms with E-state index >= 15 is 0 Å². The van der Waals surface area contributed by atoms with Gasteiger partial charge in [0.15, 0.2) is 11.5 Å². The summed E-state index contributed by atoms with van der Waals surface area (Å²) < 4.78 is 15.9. The van der Waals surface area contributed by atoms with E-state index in [1.165, 1.54) is 7.11 Å². The predicted molar refractivity (Wildman–Crippen MR) is 94.1 cm³/mol. The van der Waals surface area contributed by atoms with Crippen molar-refractivity contribution in [3.05, 3.63) is 53.6 Å². The summed E-state index contributed by atoms with van der Waals surface area (Å²) in [5.74, 6) is 0.796. The lowest BCUT2D eigenvalue weighted by Crippen LogP contribution is -2.11. The smallest absolute Gasteiger partial charge is 0.321 e. The number of hydrogen-bond acceptors (Lipinski definition) is 7. The van der Waals surface area contributed by atoms with Crippen LogP contribution in [-0.4, -0.2) is 29.0 Å². The van der Waals surface area contributed by atoms with Gasteiger partial charge in [-0.05, 0) is 36.4 Å². The maximum atomic E-state index is 12.0. The Morgan fingerprint density at radius 2 is 1.84 bits per heavy atom. The lowest BCUT2D eigenvalue weighted by atomic mass is 10.2. The van der Waals surface area contributed by atoms with Crippen LogP contribution in [0.1, 0.15) is 0 Å². The maximum absolute atomic E-state index is 12.0. The average Bonchev–Trinajstić information content (AvgIpc) is 3.10. The fourth-order valence-corrected chi connectivity index (χ4v) is 2.62. The number of halogens is 1. The number of para-hydroxylation sites is 2. The number of carbonyl (C=O) groups is 1. The first-order valence-corrected chi connectivity index (χ1v) is 8.58. The molecule has 0 spiro atoms. The van der Waals surface area contributed by atoms with Crippen LogP contribution in [-0.2, 0) is 4.79 Å². The van der Waals surface area contributed by atoms with E-state index in [0.29, 0.717) is 22.4 Å². The molecule has 0 fully saturated rings. The third kappa shape index (κ3) is 4.52. The van der Waals surface area contributed by atoms with Gasteiger partial charge in [-0.2, -0.15) is 0 Å². The summed E-state index contributed by atoms with van der Waals surface area (Å²) in [5, 5.41) is 8.76. The van der Waals surface area contributed by atoms with E-state index in [1.807, 2.05) is 0 Å². The van der Waals surface area contributed by atoms with E-state index in [4.69, 9.17) is 25.5 Å². The highest BCUT2D eigenvalue weighted by molar-refractivity contribution is 7.99. The molecule has 25 heavy (non-hydrogen) atoms. The predicted octanol–water partition coefficient (Wildman–Crippen LogP) is 4.10. The van der Waals surface area contributed by atoms with Crippen LogP contribution in [0.5, 0.6) is 11.5 Å². The van der Waals surface area contributed by atoms with Gasteiger partial charge in [-0.3, -0.25) is 4.79 Å². The van der Waals surface area contributed by atoms with Gasteiger partial charge >= 0.3 is 5.97 Å². The number of hydrogen-bond donors (Lipinski definition) is 0. The van der Waals surface area contributed by atoms with E-state index in [0.717, 1.165) is 17.3 Å². The van der Waals surface area contributed by atoms with Gasteiger partial charge in [-0.1, -0.05) is 35.5 Å². The first kappa shape index (κ1) is 17.3. The normalized spacial score (nSPS) is 10.5. The molecule has 0 radical (unpaired) electrons. The molecule has 0 N–H and O–H groups in total. The van der Waals surface area contributed by atoms with Crippen LogP contribution in [0.25, 0.3) is 11.5 Å². The summed E-state index contributed by atoms with van der Waals surface area (Å²) in [6.45, 7) is 0. The van der Waals surface area contributed by atoms with Gasteiger partial charge in [-0.15, -0.1) is 10.2 Å². The second kappa shape index (κ2) is 8.04. The van der Waals surface area contributed by atoms with Gasteiger partial charge in [0.05, 0.1) is 7.11 Å². The molecule has 0 aliphatic carbocycles. The fraction of sp³-hybridized carbons (Fsp3) is 0.118. The van der Waals surface area contributed by atoms with Gasteiger partial charge < -0.3 is 13.9 Å². The van der Waals surface area contributed by atoms with Gasteiger partial charge in [0.2, 0.25) is 5.89 Å². The zero-order valence-electron chi connectivity index (χ0n) is 13.1. The lowest BCUT2D eigenvalue weighted by molar-refractivity contribution is -0.131. The van der Waals surface area contributed by atoms with Crippen molar-refractivity contribution < 1.29 is 18.7 Å². The molecule has 2 aromatic carbocycles. The van der Waals surface area contributed by atoms with E-state index < -0.39 is 5.97 Å². The minimum absolute atomic E-state index is 0.0281. The Labute approximate surface area is 153 Å². The van der Waals surface area contributed by atoms with Crippen LogP contribution in [0.4, 0.5) is 0 Å². The molecule has 3 aromatic rings. The van der Waals surface area contributed by atoms with Crippen molar-refractivity contribution in [3.8, 4) is 23.0 Å². The van der Waals surface area contributed by atoms with E-state index in [1.54, 1.807) is 48.5 Å². The largest absolute Gasteiger partial charge is 0.493 e. The van der Waals surface area contributed by atoms with E-state index in [2.05, 4.69) is 10.2 Å². The number of methoxy groups -OCH3 is 1. The van der Waals surface area contributed by atoms with Crippen molar-refractivity contribution in [2.24, 2.45) is 0 Å². The molecule has 0 aliphatic rings. The summed E-state index contributed by atoms with van der Waals surface area (Å²) in [6.07, 6.45) is 0. The molecule has 1 heterocycles. The number of thioether (sulfide) groups is 1. The number of esters is 1. The highest BCUT2D eigenvalue weighted by Gasteiger charge is 2.14. The molecule has 0 amide bonds. The molecular formula is C17H13ClN2O4S. The summed E-state index contributed by atoms with van der Waals surface area (Å²) >= 11 is 6.94. The second-order valence-electron chi connectivity index (χ2n) is 4.79. The van der Waals surface area contributed by atoms with Gasteiger partial charge in [0, 0.05) is 10.6 Å². The van der Waals surface area contributed by atoms with Crippen molar-refractivity contribution in [1.82, 2.24) is 10.2 Å². The molecule has 0 saturated carbocycles. The molecule has 6 nitrogen and oxygen atoms in total. The molecule has 3 rings (SSSR count). The van der Waals surface area contributed by atoms with Crippen LogP contribution in [0.2, 0.25) is 5.02 Å². The van der Waals surface area contributed by atoms with Crippen LogP contribution in [0.3, 0.4) is 0 Å². The lowest BCUT2D eigenvalue weighted by Gasteiger charge is -2.07. The van der Waals surface area contributed by atoms with Crippen LogP contribution < -0.4 is 9.47 Å². The highest BCUT2D eigenvalue weighted by Crippen LogP contribution is 2.27. The van der Waals surface area contributed by atoms with Crippen molar-refractivity contribution in [1.29, 1.82) is 0 Å². The molecule has 0 unspecified atom stereocenters. The molecule has 1 aromatic heterocycles. The number of aromatic nitrogens is 2. The number of carbonyl (C=O) groups excluding carboxylic acids is 1. The SMILES string of the molecule is COc1ccccc1OC(=O)CSc1nnc(-c2ccc(Cl)cc2)o1. The Morgan fingerprint density at radius 3 is 2.56 bits per heavy atom. The summed E-state index contributed by atoms with van der Waals surface area (Å²) in [7, 11) is 1.51. The quantitative estimate of drug-likeness (QED) is 0.364. The van der Waals surface area contributed by atoms with Crippen LogP contribution in [0, 0.1) is 0 Å². The summed E-state index contributed by atoms with van der Waals surface area (Å²) in [4.78, 5) is 12.0. The Balaban J connectivity index is 1.58. The van der Waals surface area contributed by atoms with Crippen molar-refractivity contribution in [3.63, 3.8) is 0 Å². The van der Waals surface area contributed by atoms with Crippen molar-refractivity contribution in [2.45, 2.75) is 5.22 Å². The Hall–Kier alpha value is -2.51. The fourth-order valence-electron chi connectivity index (χ4n) is 1.95. The molecule has 8 heteroatoms. The Morgan fingerprint density at radius 1 is 1.12 bits per heavy atom. The molecular weight excluding hydrogens is 364 g/mol. The third-order valence-corrected chi connectivity index (χ3v) is 4.15. The summed E-state index contributed by atoms with van der Waals surface area (Å²) in [6, 6.07) is 14.0. The average molecular weight is 377 g/mol. The van der Waals surface area contributed by atoms with Crippen LogP contribution in [0.15, 0.2) is 58.2 Å². The minimum atomic E-state index is -0.444. The van der Waals surface area contributed by atoms with Gasteiger partial charge in [-0.25, -0.2) is 0 Å². The molecule has 128 valence electrons. The molecule has 0 atom stereocenters. The number of benzene rings is 2. The Bertz CT molecular complexity index is 867. The zero-order chi connectivity index (χ0) is 17.6. The number of ether oxygens (including phenoxy) is 2. The van der Waals surface area contributed by atoms with Crippen molar-refractivity contribution in [2.75, 3.05) is 12.9 Å². The van der Waals surface area contributed by atoms with Gasteiger partial charge in [0.25, 0.3) is 5.22 Å². The first-order chi connectivity index (χ1) is 12.2. The zero-order valence-corrected chi connectivity index (χ0v) is 14.7. The van der Waals surface area contributed by atoms with E-state index in [9.17, 15) is 4.79 Å². The van der Waals surface area contributed by atoms with E-state index in [-0.39, 0.29) is 11.0 Å². The number of nitrogens with zero attached hydrogens (tertiary/aromatic N) is 2. The first-order valence-electron chi connectivity index (χ1n) is 7.21. The van der Waals surface area contributed by atoms with Crippen molar-refractivity contribution >= 4 is 29.3 Å². The van der Waals surface area contributed by atoms with Gasteiger partial charge in [0.1, 0.15) is 5.75 Å². The third-order valence-electron chi connectivity index (χ3n) is 3.10. The maximum Gasteiger partial charge on any atom is 0.321 e. The molecule has 0 saturated heterocycles. The topological polar surface area (TPSA) is 74.5 Å². The Kier molecular flexibility index (Phi) is 5.57. The highest BCUT2D eigenvalue weighted by atomic mass is 35.5. The van der Waals surface area contributed by atoms with Crippen LogP contribution >= 0.6 is 23.4 Å². The monoisotopic (exact) mass is 376 g/mol. The molecule has 0 aliphatic heterocycles. The summed E-state index contributed by atoms with van der Waals surface area (Å²) in [5.41, 5.74) is 0.750. The molecule has 0 bridgehead atoms. The standard InChI is InChI=1S/C17H13ClN2O4S/c1-22-13-4-2-3-5-14(13)23-15(21)10-25-17-20-19-16(24-17)11-6-8-12(18)9-7-11/h2-9H,10H2,1H3. The minimum Gasteiger partial charge on any atom is -0.493 e. The second-order valence-corrected chi connectivity index (χ2v) is 6.16.